The lowest BCUT2D eigenvalue weighted by molar-refractivity contribution is 0.122. The number of halogens is 2. The highest BCUT2D eigenvalue weighted by atomic mass is 35.5. The van der Waals surface area contributed by atoms with Crippen molar-refractivity contribution in [1.82, 2.24) is 19.9 Å². The zero-order valence-electron chi connectivity index (χ0n) is 17.2. The average molecular weight is 501 g/mol. The van der Waals surface area contributed by atoms with Crippen LogP contribution in [-0.4, -0.2) is 46.2 Å². The molecule has 5 rings (SSSR count). The molecule has 7 nitrogen and oxygen atoms in total. The van der Waals surface area contributed by atoms with Gasteiger partial charge in [0, 0.05) is 42.1 Å². The number of benzene rings is 1. The van der Waals surface area contributed by atoms with Crippen LogP contribution in [0.2, 0.25) is 5.28 Å². The van der Waals surface area contributed by atoms with Gasteiger partial charge in [-0.1, -0.05) is 17.4 Å². The van der Waals surface area contributed by atoms with Crippen LogP contribution in [0.1, 0.15) is 0 Å². The van der Waals surface area contributed by atoms with Crippen molar-refractivity contribution in [2.45, 2.75) is 4.90 Å². The fraction of sp³-hybridized carbons (Fsp3) is 0.182. The number of nitrogens with zero attached hydrogens (tertiary/aromatic N) is 5. The van der Waals surface area contributed by atoms with Gasteiger partial charge in [-0.3, -0.25) is 4.98 Å². The molecule has 4 heterocycles. The number of morpholine rings is 1. The zero-order valence-corrected chi connectivity index (χ0v) is 19.6. The number of hydrogen-bond acceptors (Lipinski definition) is 9. The number of pyridine rings is 1. The largest absolute Gasteiger partial charge is 0.378 e. The molecule has 1 saturated heterocycles. The van der Waals surface area contributed by atoms with E-state index in [4.69, 9.17) is 21.3 Å². The minimum atomic E-state index is -0.394. The molecule has 1 aliphatic rings. The highest BCUT2D eigenvalue weighted by Gasteiger charge is 2.24. The van der Waals surface area contributed by atoms with Crippen molar-refractivity contribution >= 4 is 45.7 Å². The summed E-state index contributed by atoms with van der Waals surface area (Å²) in [4.78, 5) is 21.0. The molecule has 33 heavy (non-hydrogen) atoms. The van der Waals surface area contributed by atoms with Crippen LogP contribution in [0.15, 0.2) is 59.9 Å². The summed E-state index contributed by atoms with van der Waals surface area (Å²) in [6.45, 7) is 2.71. The summed E-state index contributed by atoms with van der Waals surface area (Å²) in [5, 5.41) is 0.920. The number of nitrogens with one attached hydrogen (secondary N) is 1. The summed E-state index contributed by atoms with van der Waals surface area (Å²) in [7, 11) is 0. The van der Waals surface area contributed by atoms with Crippen LogP contribution in [0.5, 0.6) is 0 Å². The Morgan fingerprint density at radius 1 is 1.09 bits per heavy atom. The first-order valence-corrected chi connectivity index (χ1v) is 12.1. The Balaban J connectivity index is 1.54. The Hall–Kier alpha value is -2.79. The topological polar surface area (TPSA) is 76.1 Å². The second kappa shape index (κ2) is 10.0. The number of ether oxygens (including phenoxy) is 1. The van der Waals surface area contributed by atoms with E-state index in [9.17, 15) is 0 Å². The molecule has 0 unspecified atom stereocenters. The second-order valence-corrected chi connectivity index (χ2v) is 9.24. The van der Waals surface area contributed by atoms with Gasteiger partial charge in [-0.15, -0.1) is 0 Å². The van der Waals surface area contributed by atoms with Crippen molar-refractivity contribution < 1.29 is 9.13 Å². The van der Waals surface area contributed by atoms with Gasteiger partial charge in [0.05, 0.1) is 35.2 Å². The van der Waals surface area contributed by atoms with Crippen LogP contribution in [-0.2, 0) is 4.74 Å². The molecule has 3 aromatic heterocycles. The first-order chi connectivity index (χ1) is 16.2. The molecular formula is C22H18ClFN6OS2. The molecule has 0 atom stereocenters. The minimum Gasteiger partial charge on any atom is -0.378 e. The Bertz CT molecular complexity index is 1250. The number of rotatable bonds is 6. The third-order valence-electron chi connectivity index (χ3n) is 4.92. The first-order valence-electron chi connectivity index (χ1n) is 10.1. The molecule has 0 saturated carbocycles. The molecule has 1 aromatic carbocycles. The van der Waals surface area contributed by atoms with E-state index in [1.54, 1.807) is 42.9 Å². The van der Waals surface area contributed by atoms with Crippen molar-refractivity contribution in [3.63, 3.8) is 0 Å². The highest BCUT2D eigenvalue weighted by molar-refractivity contribution is 8.00. The molecule has 11 heteroatoms. The fourth-order valence-corrected chi connectivity index (χ4v) is 5.23. The fourth-order valence-electron chi connectivity index (χ4n) is 3.33. The molecule has 0 spiro atoms. The standard InChI is InChI=1S/C22H18ClFN6OS2/c23-21-26-8-6-17(27-21)20-19(28-22(32-20)30-9-11-31-12-10-30)15-4-1-5-16(18(15)24)29-33-14-3-2-7-25-13-14/h1-8,13,29H,9-12H2. The Morgan fingerprint density at radius 3 is 2.76 bits per heavy atom. The van der Waals surface area contributed by atoms with Crippen molar-refractivity contribution in [2.75, 3.05) is 35.9 Å². The van der Waals surface area contributed by atoms with Crippen LogP contribution >= 0.6 is 34.9 Å². The molecule has 168 valence electrons. The quantitative estimate of drug-likeness (QED) is 0.278. The Labute approximate surface area is 203 Å². The van der Waals surface area contributed by atoms with E-state index in [1.165, 1.54) is 23.3 Å². The number of anilines is 2. The van der Waals surface area contributed by atoms with Gasteiger partial charge < -0.3 is 14.4 Å². The Morgan fingerprint density at radius 2 is 1.97 bits per heavy atom. The van der Waals surface area contributed by atoms with Gasteiger partial charge >= 0.3 is 0 Å². The molecule has 1 N–H and O–H groups in total. The van der Waals surface area contributed by atoms with E-state index in [2.05, 4.69) is 24.6 Å². The predicted molar refractivity (Wildman–Crippen MR) is 130 cm³/mol. The van der Waals surface area contributed by atoms with E-state index >= 15 is 4.39 Å². The summed E-state index contributed by atoms with van der Waals surface area (Å²) in [5.74, 6) is -0.394. The lowest BCUT2D eigenvalue weighted by Gasteiger charge is -2.26. The van der Waals surface area contributed by atoms with E-state index in [1.807, 2.05) is 12.1 Å². The third-order valence-corrected chi connectivity index (χ3v) is 7.04. The molecule has 0 radical (unpaired) electrons. The molecule has 0 aliphatic carbocycles. The molecule has 0 amide bonds. The van der Waals surface area contributed by atoms with E-state index in [0.29, 0.717) is 35.9 Å². The summed E-state index contributed by atoms with van der Waals surface area (Å²) in [6.07, 6.45) is 4.99. The van der Waals surface area contributed by atoms with Gasteiger partial charge in [0.15, 0.2) is 10.9 Å². The monoisotopic (exact) mass is 500 g/mol. The second-order valence-electron chi connectivity index (χ2n) is 7.04. The van der Waals surface area contributed by atoms with E-state index in [-0.39, 0.29) is 5.28 Å². The molecule has 1 fully saturated rings. The summed E-state index contributed by atoms with van der Waals surface area (Å²) < 4.78 is 24.2. The average Bonchev–Trinajstić information content (AvgIpc) is 3.30. The van der Waals surface area contributed by atoms with Gasteiger partial charge in [0.25, 0.3) is 0 Å². The maximum Gasteiger partial charge on any atom is 0.222 e. The number of hydrogen-bond donors (Lipinski definition) is 1. The normalized spacial score (nSPS) is 13.8. The minimum absolute atomic E-state index is 0.128. The van der Waals surface area contributed by atoms with Gasteiger partial charge in [-0.25, -0.2) is 19.3 Å². The zero-order chi connectivity index (χ0) is 22.6. The highest BCUT2D eigenvalue weighted by Crippen LogP contribution is 2.42. The van der Waals surface area contributed by atoms with Crippen molar-refractivity contribution in [3.8, 4) is 21.8 Å². The maximum atomic E-state index is 15.7. The van der Waals surface area contributed by atoms with Crippen LogP contribution in [0.25, 0.3) is 21.8 Å². The third kappa shape index (κ3) is 4.93. The van der Waals surface area contributed by atoms with Gasteiger partial charge in [-0.2, -0.15) is 0 Å². The van der Waals surface area contributed by atoms with E-state index < -0.39 is 5.82 Å². The maximum absolute atomic E-state index is 15.7. The number of thiazole rings is 1. The molecule has 1 aliphatic heterocycles. The molecule has 4 aromatic rings. The van der Waals surface area contributed by atoms with Crippen molar-refractivity contribution in [1.29, 1.82) is 0 Å². The van der Waals surface area contributed by atoms with Crippen molar-refractivity contribution in [3.05, 3.63) is 66.1 Å². The number of aromatic nitrogens is 4. The summed E-state index contributed by atoms with van der Waals surface area (Å²) in [6, 6.07) is 10.7. The van der Waals surface area contributed by atoms with Crippen LogP contribution in [0, 0.1) is 5.82 Å². The van der Waals surface area contributed by atoms with Crippen LogP contribution in [0.3, 0.4) is 0 Å². The lowest BCUT2D eigenvalue weighted by Crippen LogP contribution is -2.36. The summed E-state index contributed by atoms with van der Waals surface area (Å²) >= 11 is 8.80. The summed E-state index contributed by atoms with van der Waals surface area (Å²) in [5.41, 5.74) is 1.86. The molecule has 0 bridgehead atoms. The first kappa shape index (κ1) is 22.0. The SMILES string of the molecule is Fc1c(NSc2cccnc2)cccc1-c1nc(N2CCOCC2)sc1-c1ccnc(Cl)n1. The molecular weight excluding hydrogens is 483 g/mol. The van der Waals surface area contributed by atoms with E-state index in [0.717, 1.165) is 28.0 Å². The van der Waals surface area contributed by atoms with Crippen molar-refractivity contribution in [2.24, 2.45) is 0 Å². The lowest BCUT2D eigenvalue weighted by atomic mass is 10.1. The predicted octanol–water partition coefficient (Wildman–Crippen LogP) is 5.41. The van der Waals surface area contributed by atoms with Crippen LogP contribution < -0.4 is 9.62 Å². The van der Waals surface area contributed by atoms with Crippen LogP contribution in [0.4, 0.5) is 15.2 Å². The Kier molecular flexibility index (Phi) is 6.68. The van der Waals surface area contributed by atoms with Gasteiger partial charge in [-0.05, 0) is 53.9 Å². The van der Waals surface area contributed by atoms with Gasteiger partial charge in [0.1, 0.15) is 0 Å². The van der Waals surface area contributed by atoms with Gasteiger partial charge in [0.2, 0.25) is 5.28 Å². The smallest absolute Gasteiger partial charge is 0.222 e.